The predicted octanol–water partition coefficient (Wildman–Crippen LogP) is 5.06. The summed E-state index contributed by atoms with van der Waals surface area (Å²) in [6, 6.07) is 9.98. The van der Waals surface area contributed by atoms with Crippen LogP contribution in [0.1, 0.15) is 57.8 Å². The van der Waals surface area contributed by atoms with Crippen LogP contribution < -0.4 is 4.74 Å². The average molecular weight is 305 g/mol. The highest BCUT2D eigenvalue weighted by Gasteiger charge is 1.97. The minimum atomic E-state index is 0.438. The summed E-state index contributed by atoms with van der Waals surface area (Å²) in [5.41, 5.74) is 0. The molecular formula is C18H25O2S. The fourth-order valence-electron chi connectivity index (χ4n) is 2.21. The second kappa shape index (κ2) is 12.5. The van der Waals surface area contributed by atoms with Crippen LogP contribution in [-0.4, -0.2) is 17.8 Å². The maximum atomic E-state index is 10.2. The van der Waals surface area contributed by atoms with E-state index in [1.54, 1.807) is 6.29 Å². The van der Waals surface area contributed by atoms with Gasteiger partial charge in [0.1, 0.15) is 5.75 Å². The normalized spacial score (nSPS) is 10.3. The zero-order chi connectivity index (χ0) is 15.2. The lowest BCUT2D eigenvalue weighted by Crippen LogP contribution is -1.97. The molecule has 0 aliphatic heterocycles. The number of ether oxygens (including phenoxy) is 1. The van der Waals surface area contributed by atoms with Crippen LogP contribution in [0.15, 0.2) is 30.3 Å². The molecule has 0 spiro atoms. The van der Waals surface area contributed by atoms with E-state index in [0.717, 1.165) is 31.6 Å². The molecule has 1 aromatic carbocycles. The van der Waals surface area contributed by atoms with Crippen LogP contribution in [-0.2, 0) is 4.79 Å². The molecule has 1 rings (SSSR count). The largest absolute Gasteiger partial charge is 0.494 e. The van der Waals surface area contributed by atoms with Crippen molar-refractivity contribution in [2.24, 2.45) is 0 Å². The van der Waals surface area contributed by atoms with Crippen LogP contribution in [0.25, 0.3) is 0 Å². The highest BCUT2D eigenvalue weighted by molar-refractivity contribution is 7.81. The number of hydrogen-bond acceptors (Lipinski definition) is 3. The third kappa shape index (κ3) is 10.2. The summed E-state index contributed by atoms with van der Waals surface area (Å²) < 4.78 is 5.66. The zero-order valence-corrected chi connectivity index (χ0v) is 13.5. The average Bonchev–Trinajstić information content (AvgIpc) is 2.53. The summed E-state index contributed by atoms with van der Waals surface area (Å²) >= 11 is 4.82. The molecule has 0 bridgehead atoms. The van der Waals surface area contributed by atoms with Crippen molar-refractivity contribution in [3.05, 3.63) is 30.3 Å². The van der Waals surface area contributed by atoms with E-state index < -0.39 is 0 Å². The monoisotopic (exact) mass is 305 g/mol. The fraction of sp³-hybridized carbons (Fsp3) is 0.556. The minimum absolute atomic E-state index is 0.438. The Morgan fingerprint density at radius 3 is 2.10 bits per heavy atom. The zero-order valence-electron chi connectivity index (χ0n) is 12.7. The number of rotatable bonds is 13. The number of thiocarbonyl (C=S) groups is 1. The van der Waals surface area contributed by atoms with E-state index in [-0.39, 0.29) is 0 Å². The van der Waals surface area contributed by atoms with Crippen LogP contribution in [0.5, 0.6) is 5.75 Å². The molecule has 0 fully saturated rings. The summed E-state index contributed by atoms with van der Waals surface area (Å²) in [5, 5.41) is 0. The molecular weight excluding hydrogens is 280 g/mol. The van der Waals surface area contributed by atoms with Crippen LogP contribution in [0, 0.1) is 0 Å². The Kier molecular flexibility index (Phi) is 10.6. The van der Waals surface area contributed by atoms with Gasteiger partial charge in [-0.05, 0) is 31.4 Å². The molecule has 0 heterocycles. The number of carbonyl (C=O) groups excluding carboxylic acids is 1. The van der Waals surface area contributed by atoms with Gasteiger partial charge in [-0.25, -0.2) is 0 Å². The first kappa shape index (κ1) is 17.8. The van der Waals surface area contributed by atoms with Gasteiger partial charge in [0.15, 0.2) is 0 Å². The van der Waals surface area contributed by atoms with E-state index in [4.69, 9.17) is 17.0 Å². The molecule has 0 aromatic heterocycles. The van der Waals surface area contributed by atoms with Crippen molar-refractivity contribution in [2.75, 3.05) is 6.61 Å². The summed E-state index contributed by atoms with van der Waals surface area (Å²) in [7, 11) is 0. The van der Waals surface area contributed by atoms with Gasteiger partial charge in [0, 0.05) is 0 Å². The quantitative estimate of drug-likeness (QED) is 0.376. The Morgan fingerprint density at radius 2 is 1.48 bits per heavy atom. The van der Waals surface area contributed by atoms with Gasteiger partial charge in [-0.1, -0.05) is 68.9 Å². The third-order valence-corrected chi connectivity index (χ3v) is 3.71. The van der Waals surface area contributed by atoms with Crippen molar-refractivity contribution in [3.8, 4) is 5.75 Å². The van der Waals surface area contributed by atoms with Crippen LogP contribution in [0.3, 0.4) is 0 Å². The maximum absolute atomic E-state index is 10.2. The molecule has 3 heteroatoms. The van der Waals surface area contributed by atoms with Gasteiger partial charge in [-0.15, -0.1) is 0 Å². The van der Waals surface area contributed by atoms with E-state index in [2.05, 4.69) is 0 Å². The number of para-hydroxylation sites is 1. The van der Waals surface area contributed by atoms with Crippen LogP contribution >= 0.6 is 12.2 Å². The fourth-order valence-corrected chi connectivity index (χ4v) is 2.35. The molecule has 0 N–H and O–H groups in total. The van der Waals surface area contributed by atoms with Crippen molar-refractivity contribution in [3.63, 3.8) is 0 Å². The second-order valence-corrected chi connectivity index (χ2v) is 5.76. The standard InChI is InChI=1S/C18H25O2S/c19-16-18(21)14-10-5-3-1-2-4-6-11-15-20-17-12-8-7-9-13-17/h7-9,12-13H,1-6,10-11,14-15H2. The molecule has 0 saturated carbocycles. The highest BCUT2D eigenvalue weighted by atomic mass is 32.1. The van der Waals surface area contributed by atoms with Gasteiger partial charge in [-0.3, -0.25) is 4.79 Å². The van der Waals surface area contributed by atoms with E-state index in [9.17, 15) is 4.79 Å². The lowest BCUT2D eigenvalue weighted by Gasteiger charge is -2.05. The predicted molar refractivity (Wildman–Crippen MR) is 91.8 cm³/mol. The van der Waals surface area contributed by atoms with Gasteiger partial charge in [-0.2, -0.15) is 0 Å². The van der Waals surface area contributed by atoms with Crippen molar-refractivity contribution in [1.29, 1.82) is 0 Å². The van der Waals surface area contributed by atoms with Gasteiger partial charge >= 0.3 is 0 Å². The molecule has 115 valence electrons. The van der Waals surface area contributed by atoms with Crippen molar-refractivity contribution >= 4 is 23.4 Å². The van der Waals surface area contributed by atoms with E-state index >= 15 is 0 Å². The Morgan fingerprint density at radius 1 is 0.905 bits per heavy atom. The Labute approximate surface area is 133 Å². The van der Waals surface area contributed by atoms with Crippen LogP contribution in [0.2, 0.25) is 0 Å². The summed E-state index contributed by atoms with van der Waals surface area (Å²) in [4.78, 5) is 10.6. The highest BCUT2D eigenvalue weighted by Crippen LogP contribution is 2.12. The summed E-state index contributed by atoms with van der Waals surface area (Å²) in [6.45, 7) is 0.809. The van der Waals surface area contributed by atoms with E-state index in [1.165, 1.54) is 38.5 Å². The third-order valence-electron chi connectivity index (χ3n) is 3.42. The topological polar surface area (TPSA) is 26.3 Å². The molecule has 0 unspecified atom stereocenters. The lowest BCUT2D eigenvalue weighted by atomic mass is 10.1. The summed E-state index contributed by atoms with van der Waals surface area (Å²) in [6.07, 6.45) is 12.1. The van der Waals surface area contributed by atoms with Gasteiger partial charge in [0.05, 0.1) is 11.5 Å². The van der Waals surface area contributed by atoms with E-state index in [0.29, 0.717) is 4.86 Å². The Hall–Kier alpha value is -1.22. The lowest BCUT2D eigenvalue weighted by molar-refractivity contribution is 0.304. The number of benzene rings is 1. The molecule has 0 atom stereocenters. The van der Waals surface area contributed by atoms with Crippen molar-refractivity contribution in [1.82, 2.24) is 0 Å². The smallest absolute Gasteiger partial charge is 0.240 e. The maximum Gasteiger partial charge on any atom is 0.240 e. The first-order valence-electron chi connectivity index (χ1n) is 7.92. The number of unbranched alkanes of at least 4 members (excludes halogenated alkanes) is 7. The molecule has 0 aliphatic carbocycles. The Balaban J connectivity index is 1.80. The van der Waals surface area contributed by atoms with Crippen LogP contribution in [0.4, 0.5) is 0 Å². The van der Waals surface area contributed by atoms with Gasteiger partial charge in [0.2, 0.25) is 6.29 Å². The van der Waals surface area contributed by atoms with Crippen molar-refractivity contribution in [2.45, 2.75) is 57.8 Å². The SMILES string of the molecule is O=[C]C(=S)CCCCCCCCCCOc1ccccc1. The molecule has 21 heavy (non-hydrogen) atoms. The first-order valence-corrected chi connectivity index (χ1v) is 8.32. The summed E-state index contributed by atoms with van der Waals surface area (Å²) in [5.74, 6) is 0.961. The first-order chi connectivity index (χ1) is 10.3. The van der Waals surface area contributed by atoms with Gasteiger partial charge in [0.25, 0.3) is 0 Å². The molecule has 0 saturated heterocycles. The minimum Gasteiger partial charge on any atom is -0.494 e. The Bertz CT molecular complexity index is 389. The van der Waals surface area contributed by atoms with Gasteiger partial charge < -0.3 is 4.74 Å². The second-order valence-electron chi connectivity index (χ2n) is 5.27. The van der Waals surface area contributed by atoms with E-state index in [1.807, 2.05) is 30.3 Å². The number of hydrogen-bond donors (Lipinski definition) is 0. The molecule has 0 aliphatic rings. The molecule has 2 nitrogen and oxygen atoms in total. The van der Waals surface area contributed by atoms with Crippen molar-refractivity contribution < 1.29 is 9.53 Å². The molecule has 1 radical (unpaired) electrons. The molecule has 0 amide bonds. The molecule has 1 aromatic rings.